The Morgan fingerprint density at radius 3 is 1.82 bits per heavy atom. The van der Waals surface area contributed by atoms with Crippen LogP contribution in [0.1, 0.15) is 48.0 Å². The Balaban J connectivity index is 3.70. The van der Waals surface area contributed by atoms with Crippen molar-refractivity contribution in [1.82, 2.24) is 10.9 Å². The van der Waals surface area contributed by atoms with Crippen LogP contribution in [0, 0.1) is 0 Å². The van der Waals surface area contributed by atoms with E-state index >= 15 is 0 Å². The predicted molar refractivity (Wildman–Crippen MR) is 49.4 cm³/mol. The number of nitrogens with zero attached hydrogens (tertiary/aromatic N) is 1. The molecule has 2 heteroatoms. The molecule has 0 saturated heterocycles. The molecule has 0 heterocycles. The summed E-state index contributed by atoms with van der Waals surface area (Å²) in [6.45, 7) is 12.7. The molecule has 0 atom stereocenters. The summed E-state index contributed by atoms with van der Waals surface area (Å²) in [6.07, 6.45) is 1.07. The van der Waals surface area contributed by atoms with Crippen LogP contribution in [-0.4, -0.2) is 11.1 Å². The Morgan fingerprint density at radius 1 is 1.09 bits per heavy atom. The molecule has 1 N–H and O–H groups in total. The Labute approximate surface area is 70.7 Å². The average molecular weight is 157 g/mol. The maximum atomic E-state index is 4.40. The highest BCUT2D eigenvalue weighted by molar-refractivity contribution is 4.76. The molecule has 0 aromatic heterocycles. The molecule has 0 aliphatic carbocycles. The first-order valence-corrected chi connectivity index (χ1v) is 4.26. The van der Waals surface area contributed by atoms with Gasteiger partial charge in [-0.3, -0.25) is 0 Å². The van der Waals surface area contributed by atoms with Gasteiger partial charge in [0, 0.05) is 11.1 Å². The quantitative estimate of drug-likeness (QED) is 0.624. The lowest BCUT2D eigenvalue weighted by Gasteiger charge is -2.28. The molecule has 0 aromatic carbocycles. The van der Waals surface area contributed by atoms with Crippen LogP contribution in [0.15, 0.2) is 0 Å². The minimum Gasteiger partial charge on any atom is -0.234 e. The zero-order valence-corrected chi connectivity index (χ0v) is 8.65. The van der Waals surface area contributed by atoms with Crippen LogP contribution in [0.25, 0.3) is 0 Å². The van der Waals surface area contributed by atoms with Crippen molar-refractivity contribution in [2.45, 2.75) is 59.0 Å². The van der Waals surface area contributed by atoms with E-state index in [4.69, 9.17) is 0 Å². The number of rotatable bonds is 3. The smallest absolute Gasteiger partial charge is 0.0467 e. The minimum atomic E-state index is 0.0628. The van der Waals surface area contributed by atoms with Gasteiger partial charge < -0.3 is 0 Å². The van der Waals surface area contributed by atoms with E-state index in [0.29, 0.717) is 0 Å². The van der Waals surface area contributed by atoms with E-state index in [1.54, 1.807) is 0 Å². The molecule has 0 spiro atoms. The van der Waals surface area contributed by atoms with Crippen LogP contribution in [0.5, 0.6) is 0 Å². The summed E-state index contributed by atoms with van der Waals surface area (Å²) in [5, 5.41) is 0. The van der Waals surface area contributed by atoms with E-state index in [-0.39, 0.29) is 11.1 Å². The maximum absolute atomic E-state index is 4.40. The average Bonchev–Trinajstić information content (AvgIpc) is 1.83. The van der Waals surface area contributed by atoms with E-state index in [1.807, 2.05) is 0 Å². The third-order valence-electron chi connectivity index (χ3n) is 1.56. The van der Waals surface area contributed by atoms with E-state index < -0.39 is 0 Å². The third-order valence-corrected chi connectivity index (χ3v) is 1.56. The van der Waals surface area contributed by atoms with Crippen molar-refractivity contribution in [3.05, 3.63) is 0 Å². The number of nitrogens with one attached hydrogen (secondary N) is 1. The lowest BCUT2D eigenvalue weighted by molar-refractivity contribution is 0.245. The van der Waals surface area contributed by atoms with Gasteiger partial charge in [-0.2, -0.15) is 5.43 Å². The molecule has 0 aliphatic rings. The largest absolute Gasteiger partial charge is 0.234 e. The van der Waals surface area contributed by atoms with Crippen molar-refractivity contribution in [1.29, 1.82) is 0 Å². The van der Waals surface area contributed by atoms with Crippen molar-refractivity contribution >= 4 is 0 Å². The van der Waals surface area contributed by atoms with E-state index in [2.05, 4.69) is 52.4 Å². The lowest BCUT2D eigenvalue weighted by Crippen LogP contribution is -2.49. The topological polar surface area (TPSA) is 26.1 Å². The van der Waals surface area contributed by atoms with Crippen molar-refractivity contribution in [2.24, 2.45) is 0 Å². The van der Waals surface area contributed by atoms with Gasteiger partial charge in [-0.15, -0.1) is 0 Å². The predicted octanol–water partition coefficient (Wildman–Crippen LogP) is 2.08. The Hall–Kier alpha value is -0.0800. The second-order valence-electron chi connectivity index (χ2n) is 4.64. The van der Waals surface area contributed by atoms with E-state index in [9.17, 15) is 0 Å². The van der Waals surface area contributed by atoms with Gasteiger partial charge in [-0.1, -0.05) is 6.92 Å². The van der Waals surface area contributed by atoms with Crippen LogP contribution < -0.4 is 10.9 Å². The highest BCUT2D eigenvalue weighted by Gasteiger charge is 2.19. The van der Waals surface area contributed by atoms with Gasteiger partial charge in [0.05, 0.1) is 0 Å². The zero-order chi connectivity index (χ0) is 9.12. The molecule has 0 aromatic rings. The molecule has 0 aliphatic heterocycles. The number of hydrogen-bond acceptors (Lipinski definition) is 1. The van der Waals surface area contributed by atoms with Crippen molar-refractivity contribution < 1.29 is 0 Å². The van der Waals surface area contributed by atoms with Gasteiger partial charge in [0.2, 0.25) is 0 Å². The van der Waals surface area contributed by atoms with Gasteiger partial charge in [0.25, 0.3) is 0 Å². The Morgan fingerprint density at radius 2 is 1.55 bits per heavy atom. The molecule has 1 radical (unpaired) electrons. The summed E-state index contributed by atoms with van der Waals surface area (Å²) in [5.74, 6) is 0. The highest BCUT2D eigenvalue weighted by atomic mass is 15.4. The summed E-state index contributed by atoms with van der Waals surface area (Å²) < 4.78 is 0. The Bertz CT molecular complexity index is 111. The molecule has 0 rings (SSSR count). The first-order valence-electron chi connectivity index (χ1n) is 4.26. The molecule has 2 nitrogen and oxygen atoms in total. The standard InChI is InChI=1S/C9H21N2/c1-7-9(5,6)11-10-8(2,3)4/h10H,7H2,1-6H3. The Kier molecular flexibility index (Phi) is 3.52. The minimum absolute atomic E-state index is 0.0628. The van der Waals surface area contributed by atoms with Gasteiger partial charge in [-0.25, -0.2) is 5.43 Å². The first-order chi connectivity index (χ1) is 4.77. The maximum Gasteiger partial charge on any atom is 0.0467 e. The monoisotopic (exact) mass is 157 g/mol. The van der Waals surface area contributed by atoms with Crippen LogP contribution in [0.3, 0.4) is 0 Å². The summed E-state index contributed by atoms with van der Waals surface area (Å²) in [7, 11) is 0. The highest BCUT2D eigenvalue weighted by Crippen LogP contribution is 2.08. The molecule has 0 bridgehead atoms. The van der Waals surface area contributed by atoms with Crippen molar-refractivity contribution in [2.75, 3.05) is 0 Å². The van der Waals surface area contributed by atoms with E-state index in [1.165, 1.54) is 0 Å². The molecule has 0 saturated carbocycles. The van der Waals surface area contributed by atoms with Crippen LogP contribution in [-0.2, 0) is 0 Å². The molecular weight excluding hydrogens is 136 g/mol. The van der Waals surface area contributed by atoms with Crippen LogP contribution in [0.4, 0.5) is 0 Å². The molecule has 0 amide bonds. The third kappa shape index (κ3) is 6.32. The molecular formula is C9H21N2. The lowest BCUT2D eigenvalue weighted by atomic mass is 10.0. The van der Waals surface area contributed by atoms with E-state index in [0.717, 1.165) is 6.42 Å². The van der Waals surface area contributed by atoms with Gasteiger partial charge >= 0.3 is 0 Å². The normalized spacial score (nSPS) is 13.6. The second-order valence-corrected chi connectivity index (χ2v) is 4.64. The summed E-state index contributed by atoms with van der Waals surface area (Å²) in [4.78, 5) is 0. The summed E-state index contributed by atoms with van der Waals surface area (Å²) in [5.41, 5.74) is 7.69. The number of hydrogen-bond donors (Lipinski definition) is 1. The van der Waals surface area contributed by atoms with Gasteiger partial charge in [-0.05, 0) is 41.0 Å². The SMILES string of the molecule is CCC(C)(C)[N]NC(C)(C)C. The summed E-state index contributed by atoms with van der Waals surface area (Å²) >= 11 is 0. The molecule has 67 valence electrons. The fraction of sp³-hybridized carbons (Fsp3) is 1.00. The fourth-order valence-corrected chi connectivity index (χ4v) is 0.398. The fourth-order valence-electron chi connectivity index (χ4n) is 0.398. The van der Waals surface area contributed by atoms with Crippen molar-refractivity contribution in [3.63, 3.8) is 0 Å². The van der Waals surface area contributed by atoms with Gasteiger partial charge in [0.1, 0.15) is 0 Å². The second kappa shape index (κ2) is 3.55. The van der Waals surface area contributed by atoms with Crippen LogP contribution >= 0.6 is 0 Å². The van der Waals surface area contributed by atoms with Crippen molar-refractivity contribution in [3.8, 4) is 0 Å². The van der Waals surface area contributed by atoms with Gasteiger partial charge in [0.15, 0.2) is 0 Å². The zero-order valence-electron chi connectivity index (χ0n) is 8.65. The molecule has 0 fully saturated rings. The summed E-state index contributed by atoms with van der Waals surface area (Å²) in [6, 6.07) is 0. The molecule has 0 unspecified atom stereocenters. The molecule has 11 heavy (non-hydrogen) atoms. The van der Waals surface area contributed by atoms with Crippen LogP contribution in [0.2, 0.25) is 0 Å². The first kappa shape index (κ1) is 10.9.